The molecule has 0 atom stereocenters. The first-order valence-corrected chi connectivity index (χ1v) is 8.44. The van der Waals surface area contributed by atoms with Crippen molar-refractivity contribution in [3.05, 3.63) is 0 Å². The topological polar surface area (TPSA) is 95.6 Å². The Kier molecular flexibility index (Phi) is 11.2. The Hall–Kier alpha value is -1.72. The molecule has 0 aromatic heterocycles. The van der Waals surface area contributed by atoms with E-state index in [1.165, 1.54) is 0 Å². The minimum absolute atomic E-state index is 0.113. The molecular weight excluding hydrogens is 322 g/mol. The molecule has 2 N–H and O–H groups in total. The van der Waals surface area contributed by atoms with E-state index in [0.29, 0.717) is 6.04 Å². The molecule has 0 radical (unpaired) electrons. The number of rotatable bonds is 2. The Bertz CT molecular complexity index is 450. The van der Waals surface area contributed by atoms with Gasteiger partial charge in [-0.05, 0) is 20.9 Å². The molecule has 0 aromatic rings. The lowest BCUT2D eigenvalue weighted by molar-refractivity contribution is -0.191. The second-order valence-corrected chi connectivity index (χ2v) is 8.60. The highest BCUT2D eigenvalue weighted by Crippen LogP contribution is 2.14. The van der Waals surface area contributed by atoms with Crippen LogP contribution in [0.25, 0.3) is 0 Å². The van der Waals surface area contributed by atoms with Crippen LogP contribution in [-0.4, -0.2) is 55.1 Å². The summed E-state index contributed by atoms with van der Waals surface area (Å²) in [6, 6.07) is 0.619. The second-order valence-electron chi connectivity index (χ2n) is 8.60. The van der Waals surface area contributed by atoms with Crippen molar-refractivity contribution in [2.24, 2.45) is 10.8 Å². The van der Waals surface area contributed by atoms with Crippen molar-refractivity contribution in [3.63, 3.8) is 0 Å². The van der Waals surface area contributed by atoms with Crippen molar-refractivity contribution in [2.45, 2.75) is 67.5 Å². The Morgan fingerprint density at radius 2 is 1.32 bits per heavy atom. The van der Waals surface area contributed by atoms with Crippen molar-refractivity contribution >= 4 is 18.0 Å². The van der Waals surface area contributed by atoms with Gasteiger partial charge in [-0.25, -0.2) is 0 Å². The number of likely N-dealkylation sites (N-methyl/N-ethyl adjacent to an activating group) is 1. The molecule has 1 aliphatic rings. The number of nitrogens with zero attached hydrogens (tertiary/aromatic N) is 1. The van der Waals surface area contributed by atoms with E-state index in [4.69, 9.17) is 9.59 Å². The first-order valence-electron chi connectivity index (χ1n) is 8.44. The second kappa shape index (κ2) is 11.0. The van der Waals surface area contributed by atoms with Gasteiger partial charge in [0.05, 0.1) is 6.04 Å². The molecule has 1 saturated heterocycles. The predicted octanol–water partition coefficient (Wildman–Crippen LogP) is 1.44. The molecule has 2 amide bonds. The summed E-state index contributed by atoms with van der Waals surface area (Å²) in [4.78, 5) is 41.0. The fourth-order valence-corrected chi connectivity index (χ4v) is 1.67. The van der Waals surface area contributed by atoms with Gasteiger partial charge < -0.3 is 15.5 Å². The first kappa shape index (κ1) is 25.5. The average Bonchev–Trinajstić information content (AvgIpc) is 2.35. The zero-order chi connectivity index (χ0) is 20.4. The van der Waals surface area contributed by atoms with E-state index in [1.807, 2.05) is 55.4 Å². The number of carbonyl (C=O) groups is 2. The van der Waals surface area contributed by atoms with E-state index in [-0.39, 0.29) is 34.8 Å². The largest absolute Gasteiger partial charge is 0.373 e. The highest BCUT2D eigenvalue weighted by Gasteiger charge is 2.29. The zero-order valence-corrected chi connectivity index (χ0v) is 17.1. The van der Waals surface area contributed by atoms with Crippen LogP contribution in [0.2, 0.25) is 0 Å². The van der Waals surface area contributed by atoms with Gasteiger partial charge in [0.2, 0.25) is 11.8 Å². The van der Waals surface area contributed by atoms with Crippen LogP contribution < -0.4 is 10.6 Å². The molecule has 1 aliphatic heterocycles. The summed E-state index contributed by atoms with van der Waals surface area (Å²) in [6.45, 7) is 17.4. The minimum Gasteiger partial charge on any atom is -0.353 e. The van der Waals surface area contributed by atoms with E-state index in [1.54, 1.807) is 0 Å². The van der Waals surface area contributed by atoms with Crippen LogP contribution in [0.4, 0.5) is 0 Å². The monoisotopic (exact) mass is 357 g/mol. The molecule has 7 heteroatoms. The average molecular weight is 357 g/mol. The highest BCUT2D eigenvalue weighted by atomic mass is 16.2. The number of nitrogens with one attached hydrogen (secondary N) is 2. The van der Waals surface area contributed by atoms with E-state index in [0.717, 1.165) is 13.1 Å². The summed E-state index contributed by atoms with van der Waals surface area (Å²) in [5.74, 6) is 0.267. The molecule has 0 unspecified atom stereocenters. The quantitative estimate of drug-likeness (QED) is 0.779. The van der Waals surface area contributed by atoms with Gasteiger partial charge >= 0.3 is 6.15 Å². The number of hydrogen-bond donors (Lipinski definition) is 2. The van der Waals surface area contributed by atoms with Crippen LogP contribution in [0.5, 0.6) is 0 Å². The van der Waals surface area contributed by atoms with Gasteiger partial charge in [-0.1, -0.05) is 41.5 Å². The number of hydrogen-bond acceptors (Lipinski definition) is 5. The van der Waals surface area contributed by atoms with Crippen LogP contribution in [0.15, 0.2) is 0 Å². The fourth-order valence-electron chi connectivity index (χ4n) is 1.67. The lowest BCUT2D eigenvalue weighted by Gasteiger charge is -2.37. The Morgan fingerprint density at radius 3 is 1.52 bits per heavy atom. The molecule has 0 bridgehead atoms. The van der Waals surface area contributed by atoms with E-state index in [9.17, 15) is 9.59 Å². The SMILES string of the molecule is CC(C)NC(=O)C(C)(C)C.CN1CC(NC(=O)C(C)(C)C)C1.O=C=O. The minimum atomic E-state index is -0.260. The van der Waals surface area contributed by atoms with Gasteiger partial charge in [-0.2, -0.15) is 9.59 Å². The molecule has 7 nitrogen and oxygen atoms in total. The van der Waals surface area contributed by atoms with E-state index in [2.05, 4.69) is 22.6 Å². The Labute approximate surface area is 151 Å². The summed E-state index contributed by atoms with van der Waals surface area (Å²) in [6.07, 6.45) is 0.250. The molecule has 0 aromatic carbocycles. The van der Waals surface area contributed by atoms with Crippen molar-refractivity contribution < 1.29 is 19.2 Å². The molecule has 1 heterocycles. The van der Waals surface area contributed by atoms with Gasteiger partial charge in [0, 0.05) is 30.0 Å². The highest BCUT2D eigenvalue weighted by molar-refractivity contribution is 5.82. The molecule has 25 heavy (non-hydrogen) atoms. The van der Waals surface area contributed by atoms with Gasteiger partial charge in [0.25, 0.3) is 0 Å². The molecule has 0 spiro atoms. The molecular formula is C18H35N3O4. The Balaban J connectivity index is 0. The van der Waals surface area contributed by atoms with Crippen LogP contribution in [-0.2, 0) is 19.2 Å². The molecule has 1 fully saturated rings. The van der Waals surface area contributed by atoms with Crippen molar-refractivity contribution in [1.29, 1.82) is 0 Å². The maximum absolute atomic E-state index is 11.4. The summed E-state index contributed by atoms with van der Waals surface area (Å²) in [5.41, 5.74) is -0.515. The maximum Gasteiger partial charge on any atom is 0.373 e. The lowest BCUT2D eigenvalue weighted by Crippen LogP contribution is -2.59. The van der Waals surface area contributed by atoms with Crippen LogP contribution in [0.3, 0.4) is 0 Å². The van der Waals surface area contributed by atoms with Crippen LogP contribution >= 0.6 is 0 Å². The standard InChI is InChI=1S/C9H18N2O.C8H17NO.CO2/c1-9(2,3)8(12)10-7-5-11(4)6-7;1-6(2)9-7(10)8(3,4)5;2-1-3/h7H,5-6H2,1-4H3,(H,10,12);6H,1-5H3,(H,9,10);. The molecule has 1 rings (SSSR count). The van der Waals surface area contributed by atoms with Crippen molar-refractivity contribution in [1.82, 2.24) is 15.5 Å². The molecule has 146 valence electrons. The normalized spacial score (nSPS) is 14.8. The third-order valence-electron chi connectivity index (χ3n) is 3.18. The summed E-state index contributed by atoms with van der Waals surface area (Å²) in [5, 5.41) is 5.85. The third-order valence-corrected chi connectivity index (χ3v) is 3.18. The van der Waals surface area contributed by atoms with Crippen molar-refractivity contribution in [3.8, 4) is 0 Å². The Morgan fingerprint density at radius 1 is 0.960 bits per heavy atom. The smallest absolute Gasteiger partial charge is 0.353 e. The third kappa shape index (κ3) is 13.3. The van der Waals surface area contributed by atoms with Gasteiger partial charge in [0.1, 0.15) is 0 Å². The number of likely N-dealkylation sites (tertiary alicyclic amines) is 1. The van der Waals surface area contributed by atoms with E-state index < -0.39 is 0 Å². The number of carbonyl (C=O) groups excluding carboxylic acids is 4. The maximum atomic E-state index is 11.4. The number of amides is 2. The van der Waals surface area contributed by atoms with Crippen molar-refractivity contribution in [2.75, 3.05) is 20.1 Å². The lowest BCUT2D eigenvalue weighted by atomic mass is 9.94. The van der Waals surface area contributed by atoms with Gasteiger partial charge in [0.15, 0.2) is 0 Å². The van der Waals surface area contributed by atoms with Gasteiger partial charge in [-0.15, -0.1) is 0 Å². The predicted molar refractivity (Wildman–Crippen MR) is 96.6 cm³/mol. The fraction of sp³-hybridized carbons (Fsp3) is 0.833. The molecule has 0 aliphatic carbocycles. The summed E-state index contributed by atoms with van der Waals surface area (Å²) in [7, 11) is 2.06. The first-order chi connectivity index (χ1) is 11.1. The van der Waals surface area contributed by atoms with E-state index >= 15 is 0 Å². The van der Waals surface area contributed by atoms with Gasteiger partial charge in [-0.3, -0.25) is 9.59 Å². The van der Waals surface area contributed by atoms with Crippen LogP contribution in [0.1, 0.15) is 55.4 Å². The molecule has 0 saturated carbocycles. The van der Waals surface area contributed by atoms with Crippen LogP contribution in [0, 0.1) is 10.8 Å². The summed E-state index contributed by atoms with van der Waals surface area (Å²) >= 11 is 0. The zero-order valence-electron chi connectivity index (χ0n) is 17.1. The summed E-state index contributed by atoms with van der Waals surface area (Å²) < 4.78 is 0.